The van der Waals surface area contributed by atoms with Gasteiger partial charge in [-0.2, -0.15) is 0 Å². The Kier molecular flexibility index (Phi) is 14.4. The predicted molar refractivity (Wildman–Crippen MR) is 240 cm³/mol. The summed E-state index contributed by atoms with van der Waals surface area (Å²) in [5.74, 6) is 0.247. The van der Waals surface area contributed by atoms with Crippen molar-refractivity contribution in [1.29, 1.82) is 0 Å². The minimum absolute atomic E-state index is 0.0642. The molecule has 7 heteroatoms. The molecule has 0 fully saturated rings. The Morgan fingerprint density at radius 2 is 0.714 bits per heavy atom. The van der Waals surface area contributed by atoms with Gasteiger partial charge in [-0.05, 0) is 78.7 Å². The van der Waals surface area contributed by atoms with Crippen molar-refractivity contribution in [1.82, 2.24) is 15.5 Å². The Labute approximate surface area is 336 Å². The highest BCUT2D eigenvalue weighted by atomic mass is 31.1. The third-order valence-corrected chi connectivity index (χ3v) is 15.1. The highest BCUT2D eigenvalue weighted by Gasteiger charge is 2.28. The molecule has 0 heterocycles. The lowest BCUT2D eigenvalue weighted by atomic mass is 10.0. The lowest BCUT2D eigenvalue weighted by Gasteiger charge is -2.32. The Bertz CT molecular complexity index is 1910. The maximum absolute atomic E-state index is 14.3. The van der Waals surface area contributed by atoms with Crippen molar-refractivity contribution in [3.05, 3.63) is 181 Å². The van der Waals surface area contributed by atoms with Gasteiger partial charge in [0.15, 0.2) is 0 Å². The second-order valence-corrected chi connectivity index (χ2v) is 19.3. The highest BCUT2D eigenvalue weighted by Crippen LogP contribution is 2.35. The fourth-order valence-corrected chi connectivity index (χ4v) is 11.9. The van der Waals surface area contributed by atoms with E-state index in [4.69, 9.17) is 0 Å². The summed E-state index contributed by atoms with van der Waals surface area (Å²) in [7, 11) is 0.188. The fourth-order valence-electron chi connectivity index (χ4n) is 6.97. The first-order valence-corrected chi connectivity index (χ1v) is 22.2. The van der Waals surface area contributed by atoms with Crippen LogP contribution in [0.3, 0.4) is 0 Å². The van der Waals surface area contributed by atoms with E-state index in [-0.39, 0.29) is 35.7 Å². The van der Waals surface area contributed by atoms with Crippen molar-refractivity contribution in [3.8, 4) is 0 Å². The molecular formula is C49H53N3O2P2. The number of benzene rings is 6. The number of carbonyl (C=O) groups is 2. The van der Waals surface area contributed by atoms with E-state index in [0.29, 0.717) is 24.2 Å². The summed E-state index contributed by atoms with van der Waals surface area (Å²) < 4.78 is 0. The van der Waals surface area contributed by atoms with E-state index in [2.05, 4.69) is 159 Å². The smallest absolute Gasteiger partial charge is 0.252 e. The van der Waals surface area contributed by atoms with Gasteiger partial charge in [0.05, 0.1) is 0 Å². The molecule has 2 N–H and O–H groups in total. The van der Waals surface area contributed by atoms with Gasteiger partial charge < -0.3 is 15.5 Å². The SMILES string of the molecule is CC(C)[C@@H](CN(C)C[C@@H](NC(=O)c1ccccc1P(c1ccccc1)c1ccccc1)C(C)C)NC(=O)c1ccccc1P(c1ccccc1)c1ccccc1. The minimum Gasteiger partial charge on any atom is -0.348 e. The van der Waals surface area contributed by atoms with Crippen LogP contribution in [0.1, 0.15) is 48.4 Å². The molecule has 0 saturated carbocycles. The van der Waals surface area contributed by atoms with Crippen LogP contribution in [0, 0.1) is 11.8 Å². The number of hydrogen-bond donors (Lipinski definition) is 2. The van der Waals surface area contributed by atoms with Crippen LogP contribution in [0.25, 0.3) is 0 Å². The zero-order valence-corrected chi connectivity index (χ0v) is 34.8. The molecule has 0 aliphatic rings. The lowest BCUT2D eigenvalue weighted by Crippen LogP contribution is -2.51. The van der Waals surface area contributed by atoms with Crippen LogP contribution in [0.5, 0.6) is 0 Å². The van der Waals surface area contributed by atoms with Gasteiger partial charge in [0.2, 0.25) is 0 Å². The van der Waals surface area contributed by atoms with Crippen molar-refractivity contribution in [2.45, 2.75) is 39.8 Å². The molecule has 6 aromatic carbocycles. The van der Waals surface area contributed by atoms with Crippen LogP contribution in [-0.4, -0.2) is 48.9 Å². The zero-order chi connectivity index (χ0) is 39.4. The molecule has 0 radical (unpaired) electrons. The number of carbonyl (C=O) groups excluding carboxylic acids is 2. The van der Waals surface area contributed by atoms with Crippen molar-refractivity contribution in [3.63, 3.8) is 0 Å². The summed E-state index contributed by atoms with van der Waals surface area (Å²) >= 11 is 0. The topological polar surface area (TPSA) is 61.4 Å². The molecule has 6 aromatic rings. The van der Waals surface area contributed by atoms with E-state index in [1.54, 1.807) is 0 Å². The molecule has 0 aromatic heterocycles. The van der Waals surface area contributed by atoms with Gasteiger partial charge in [0.25, 0.3) is 11.8 Å². The maximum Gasteiger partial charge on any atom is 0.252 e. The zero-order valence-electron chi connectivity index (χ0n) is 33.0. The molecule has 6 rings (SSSR count). The first-order chi connectivity index (χ1) is 27.2. The molecule has 0 bridgehead atoms. The normalized spacial score (nSPS) is 12.6. The van der Waals surface area contributed by atoms with Crippen LogP contribution in [0.2, 0.25) is 0 Å². The molecular weight excluding hydrogens is 725 g/mol. The predicted octanol–water partition coefficient (Wildman–Crippen LogP) is 7.34. The van der Waals surface area contributed by atoms with Gasteiger partial charge in [0.1, 0.15) is 0 Å². The Hall–Kier alpha value is -4.92. The Morgan fingerprint density at radius 1 is 0.446 bits per heavy atom. The van der Waals surface area contributed by atoms with E-state index in [0.717, 1.165) is 10.6 Å². The van der Waals surface area contributed by atoms with Gasteiger partial charge in [-0.25, -0.2) is 0 Å². The third-order valence-electron chi connectivity index (χ3n) is 10.1. The number of nitrogens with zero attached hydrogens (tertiary/aromatic N) is 1. The summed E-state index contributed by atoms with van der Waals surface area (Å²) in [4.78, 5) is 30.8. The molecule has 5 nitrogen and oxygen atoms in total. The van der Waals surface area contributed by atoms with Gasteiger partial charge in [-0.1, -0.05) is 185 Å². The van der Waals surface area contributed by atoms with E-state index in [9.17, 15) is 9.59 Å². The monoisotopic (exact) mass is 777 g/mol. The summed E-state index contributed by atoms with van der Waals surface area (Å²) in [6.45, 7) is 9.90. The van der Waals surface area contributed by atoms with Crippen LogP contribution in [0.4, 0.5) is 0 Å². The molecule has 2 amide bonds. The van der Waals surface area contributed by atoms with Gasteiger partial charge in [-0.15, -0.1) is 0 Å². The first kappa shape index (κ1) is 40.7. The van der Waals surface area contributed by atoms with Crippen molar-refractivity contribution in [2.75, 3.05) is 20.1 Å². The maximum atomic E-state index is 14.3. The largest absolute Gasteiger partial charge is 0.348 e. The molecule has 0 spiro atoms. The molecule has 0 saturated heterocycles. The highest BCUT2D eigenvalue weighted by molar-refractivity contribution is 7.80. The van der Waals surface area contributed by atoms with E-state index in [1.165, 1.54) is 21.2 Å². The van der Waals surface area contributed by atoms with E-state index >= 15 is 0 Å². The number of rotatable bonds is 16. The molecule has 0 unspecified atom stereocenters. The van der Waals surface area contributed by atoms with Crippen LogP contribution < -0.4 is 42.5 Å². The molecule has 56 heavy (non-hydrogen) atoms. The summed E-state index contributed by atoms with van der Waals surface area (Å²) in [5.41, 5.74) is 1.41. The van der Waals surface area contributed by atoms with Crippen molar-refractivity contribution in [2.24, 2.45) is 11.8 Å². The Balaban J connectivity index is 1.19. The number of hydrogen-bond acceptors (Lipinski definition) is 3. The standard InChI is InChI=1S/C49H53N3O2P2/c1-36(2)44(50-48(53)42-30-18-20-32-46(42)55(38-22-10-6-11-23-38)39-24-12-7-13-25-39)34-52(5)35-45(37(3)4)51-49(54)43-31-19-21-33-47(43)56(40-26-14-8-15-27-40)41-28-16-9-17-29-41/h6-33,36-37,44-45H,34-35H2,1-5H3,(H,50,53)(H,51,54)/t44-,45-/m1/s1. The average molecular weight is 778 g/mol. The van der Waals surface area contributed by atoms with Gasteiger partial charge >= 0.3 is 0 Å². The summed E-state index contributed by atoms with van der Waals surface area (Å²) in [5, 5.41) is 13.8. The van der Waals surface area contributed by atoms with Gasteiger partial charge in [-0.3, -0.25) is 9.59 Å². The molecule has 286 valence electrons. The van der Waals surface area contributed by atoms with Crippen LogP contribution >= 0.6 is 15.8 Å². The molecule has 0 aliphatic carbocycles. The van der Waals surface area contributed by atoms with Crippen LogP contribution in [0.15, 0.2) is 170 Å². The van der Waals surface area contributed by atoms with Crippen molar-refractivity contribution < 1.29 is 9.59 Å². The first-order valence-electron chi connectivity index (χ1n) is 19.5. The van der Waals surface area contributed by atoms with Crippen LogP contribution in [-0.2, 0) is 0 Å². The second-order valence-electron chi connectivity index (χ2n) is 14.9. The fraction of sp³-hybridized carbons (Fsp3) is 0.224. The molecule has 0 aliphatic heterocycles. The van der Waals surface area contributed by atoms with E-state index in [1.807, 2.05) is 60.7 Å². The quantitative estimate of drug-likeness (QED) is 0.101. The minimum atomic E-state index is -0.947. The summed E-state index contributed by atoms with van der Waals surface area (Å²) in [6, 6.07) is 57.9. The summed E-state index contributed by atoms with van der Waals surface area (Å²) in [6.07, 6.45) is 0. The number of likely N-dealkylation sites (N-methyl/N-ethyl adjacent to an activating group) is 1. The molecule has 2 atom stereocenters. The number of amides is 2. The van der Waals surface area contributed by atoms with E-state index < -0.39 is 15.8 Å². The lowest BCUT2D eigenvalue weighted by molar-refractivity contribution is 0.0899. The second kappa shape index (κ2) is 19.8. The Morgan fingerprint density at radius 3 is 1.00 bits per heavy atom. The van der Waals surface area contributed by atoms with Gasteiger partial charge in [0, 0.05) is 36.3 Å². The average Bonchev–Trinajstić information content (AvgIpc) is 3.22. The van der Waals surface area contributed by atoms with Crippen molar-refractivity contribution >= 4 is 59.5 Å². The third kappa shape index (κ3) is 10.3. The number of nitrogens with one attached hydrogen (secondary N) is 2.